The van der Waals surface area contributed by atoms with Gasteiger partial charge in [0.1, 0.15) is 7.05 Å². The smallest absolute Gasteiger partial charge is 0.209 e. The number of hydrogen-bond donors (Lipinski definition) is 0. The third-order valence-electron chi connectivity index (χ3n) is 10.3. The highest BCUT2D eigenvalue weighted by Crippen LogP contribution is 2.51. The predicted molar refractivity (Wildman–Crippen MR) is 200 cm³/mol. The van der Waals surface area contributed by atoms with Crippen LogP contribution in [0, 0.1) is 13.8 Å². The largest absolute Gasteiger partial charge is 0.344 e. The maximum absolute atomic E-state index is 2.57. The Kier molecular flexibility index (Phi) is 8.51. The molecule has 0 bridgehead atoms. The summed E-state index contributed by atoms with van der Waals surface area (Å²) in [4.78, 5) is 2.57. The van der Waals surface area contributed by atoms with E-state index in [0.717, 1.165) is 6.54 Å². The Balaban J connectivity index is 0.000000259. The van der Waals surface area contributed by atoms with Crippen molar-refractivity contribution in [3.05, 3.63) is 143 Å². The molecule has 0 aliphatic carbocycles. The van der Waals surface area contributed by atoms with E-state index in [0.29, 0.717) is 0 Å². The Bertz CT molecular complexity index is 1980. The molecule has 0 N–H and O–H groups in total. The van der Waals surface area contributed by atoms with Gasteiger partial charge in [-0.25, -0.2) is 0 Å². The number of allylic oxidation sites excluding steroid dienone is 4. The summed E-state index contributed by atoms with van der Waals surface area (Å²) in [6, 6.07) is 35.1. The van der Waals surface area contributed by atoms with Crippen molar-refractivity contribution in [2.24, 2.45) is 0 Å². The third kappa shape index (κ3) is 5.38. The van der Waals surface area contributed by atoms with E-state index in [1.807, 2.05) is 0 Å². The first-order valence-corrected chi connectivity index (χ1v) is 16.9. The number of anilines is 1. The Morgan fingerprint density at radius 2 is 1.33 bits per heavy atom. The van der Waals surface area contributed by atoms with Crippen LogP contribution in [0.2, 0.25) is 0 Å². The quantitative estimate of drug-likeness (QED) is 0.181. The zero-order valence-corrected chi connectivity index (χ0v) is 29.0. The van der Waals surface area contributed by atoms with Gasteiger partial charge in [0, 0.05) is 41.1 Å². The zero-order chi connectivity index (χ0) is 32.6. The van der Waals surface area contributed by atoms with Crippen molar-refractivity contribution in [2.45, 2.75) is 72.1 Å². The van der Waals surface area contributed by atoms with Crippen LogP contribution in [0.3, 0.4) is 0 Å². The third-order valence-corrected chi connectivity index (χ3v) is 10.3. The van der Waals surface area contributed by atoms with Crippen LogP contribution in [-0.4, -0.2) is 23.9 Å². The molecule has 0 unspecified atom stereocenters. The number of para-hydroxylation sites is 1. The van der Waals surface area contributed by atoms with Crippen LogP contribution in [-0.2, 0) is 10.8 Å². The lowest BCUT2D eigenvalue weighted by atomic mass is 9.80. The number of benzene rings is 5. The summed E-state index contributed by atoms with van der Waals surface area (Å²) < 4.78 is 2.35. The molecule has 46 heavy (non-hydrogen) atoms. The fraction of sp³-hybridized carbons (Fsp3) is 0.295. The molecular formula is C44H49N2+. The van der Waals surface area contributed by atoms with E-state index in [4.69, 9.17) is 0 Å². The van der Waals surface area contributed by atoms with Crippen LogP contribution in [0.4, 0.5) is 11.4 Å². The minimum absolute atomic E-state index is 0.00733. The topological polar surface area (TPSA) is 6.25 Å². The molecule has 234 valence electrons. The highest BCUT2D eigenvalue weighted by atomic mass is 15.2. The van der Waals surface area contributed by atoms with Crippen LogP contribution in [0.5, 0.6) is 0 Å². The fourth-order valence-electron chi connectivity index (χ4n) is 7.75. The predicted octanol–water partition coefficient (Wildman–Crippen LogP) is 11.3. The molecule has 5 aromatic carbocycles. The number of aryl methyl sites for hydroxylation is 2. The Hall–Kier alpha value is -4.43. The van der Waals surface area contributed by atoms with E-state index in [9.17, 15) is 0 Å². The van der Waals surface area contributed by atoms with Gasteiger partial charge in [0.25, 0.3) is 0 Å². The van der Waals surface area contributed by atoms with Crippen LogP contribution < -0.4 is 4.90 Å². The summed E-state index contributed by atoms with van der Waals surface area (Å²) >= 11 is 0. The van der Waals surface area contributed by atoms with Crippen molar-refractivity contribution in [3.63, 3.8) is 0 Å². The van der Waals surface area contributed by atoms with Gasteiger partial charge in [-0.3, -0.25) is 0 Å². The second-order valence-electron chi connectivity index (χ2n) is 14.1. The lowest BCUT2D eigenvalue weighted by molar-refractivity contribution is -0.401. The second-order valence-corrected chi connectivity index (χ2v) is 14.1. The molecule has 0 atom stereocenters. The van der Waals surface area contributed by atoms with Crippen LogP contribution in [0.15, 0.2) is 121 Å². The molecule has 0 amide bonds. The molecular weight excluding hydrogens is 556 g/mol. The monoisotopic (exact) mass is 605 g/mol. The van der Waals surface area contributed by atoms with E-state index in [2.05, 4.69) is 180 Å². The summed E-state index contributed by atoms with van der Waals surface area (Å²) in [6.45, 7) is 17.1. The molecule has 0 spiro atoms. The number of rotatable bonds is 5. The van der Waals surface area contributed by atoms with Crippen molar-refractivity contribution in [2.75, 3.05) is 18.5 Å². The molecule has 2 aliphatic heterocycles. The van der Waals surface area contributed by atoms with Crippen molar-refractivity contribution in [1.82, 2.24) is 0 Å². The van der Waals surface area contributed by atoms with Crippen LogP contribution in [0.1, 0.15) is 69.7 Å². The van der Waals surface area contributed by atoms with E-state index in [-0.39, 0.29) is 10.8 Å². The first kappa shape index (κ1) is 31.5. The van der Waals surface area contributed by atoms with Gasteiger partial charge in [-0.15, -0.1) is 0 Å². The van der Waals surface area contributed by atoms with Gasteiger partial charge in [0.2, 0.25) is 5.69 Å². The fourth-order valence-corrected chi connectivity index (χ4v) is 7.75. The molecule has 2 aliphatic rings. The summed E-state index contributed by atoms with van der Waals surface area (Å²) in [5.41, 5.74) is 10.9. The average molecular weight is 606 g/mol. The number of nitrogens with zero attached hydrogens (tertiary/aromatic N) is 2. The molecule has 0 saturated carbocycles. The van der Waals surface area contributed by atoms with Gasteiger partial charge < -0.3 is 4.90 Å². The normalized spacial score (nSPS) is 17.1. The Labute approximate surface area is 276 Å². The van der Waals surface area contributed by atoms with Gasteiger partial charge >= 0.3 is 0 Å². The van der Waals surface area contributed by atoms with Crippen molar-refractivity contribution >= 4 is 38.6 Å². The molecule has 0 aromatic heterocycles. The molecule has 0 fully saturated rings. The van der Waals surface area contributed by atoms with Gasteiger partial charge in [0.05, 0.1) is 5.41 Å². The zero-order valence-electron chi connectivity index (χ0n) is 29.0. The van der Waals surface area contributed by atoms with Crippen LogP contribution in [0.25, 0.3) is 21.5 Å². The SMILES string of the molecule is CCCCN1C(=CC=CC2=[N+](C)c3ccccc3C2(C)C)C(C)(C)c2c1ccc1ccccc21.Cc1cccc2c(C)cccc12. The summed E-state index contributed by atoms with van der Waals surface area (Å²) in [5.74, 6) is 0. The summed E-state index contributed by atoms with van der Waals surface area (Å²) in [6.07, 6.45) is 9.35. The average Bonchev–Trinajstić information content (AvgIpc) is 3.39. The highest BCUT2D eigenvalue weighted by Gasteiger charge is 2.43. The number of unbranched alkanes of at least 4 members (excludes halogenated alkanes) is 1. The standard InChI is InChI=1S/C32H37N2.C12H12/c1-7-8-22-34-27-21-20-23-14-9-10-15-24(23)30(27)32(4,5)29(34)19-13-18-28-31(2,3)25-16-11-12-17-26(25)33(28)6;1-9-5-3-8-12-10(2)6-4-7-11(9)12/h9-21H,7-8,22H2,1-6H3;3-8H,1-2H3/q+1;. The van der Waals surface area contributed by atoms with Gasteiger partial charge in [-0.1, -0.05) is 118 Å². The maximum atomic E-state index is 2.57. The van der Waals surface area contributed by atoms with Crippen molar-refractivity contribution < 1.29 is 4.58 Å². The minimum atomic E-state index is -0.0565. The Morgan fingerprint density at radius 3 is 2.00 bits per heavy atom. The highest BCUT2D eigenvalue weighted by molar-refractivity contribution is 6.03. The summed E-state index contributed by atoms with van der Waals surface area (Å²) in [7, 11) is 2.19. The van der Waals surface area contributed by atoms with E-state index >= 15 is 0 Å². The minimum Gasteiger partial charge on any atom is -0.344 e. The van der Waals surface area contributed by atoms with Crippen LogP contribution >= 0.6 is 0 Å². The van der Waals surface area contributed by atoms with Gasteiger partial charge in [-0.05, 0) is 84.5 Å². The maximum Gasteiger partial charge on any atom is 0.209 e. The molecule has 2 heterocycles. The van der Waals surface area contributed by atoms with Crippen molar-refractivity contribution in [3.8, 4) is 0 Å². The number of hydrogen-bond acceptors (Lipinski definition) is 1. The Morgan fingerprint density at radius 1 is 0.696 bits per heavy atom. The number of fused-ring (bicyclic) bond motifs is 5. The molecule has 0 radical (unpaired) electrons. The first-order chi connectivity index (χ1) is 22.1. The van der Waals surface area contributed by atoms with E-state index in [1.165, 1.54) is 79.4 Å². The molecule has 0 saturated heterocycles. The molecule has 2 heteroatoms. The molecule has 5 aromatic rings. The second kappa shape index (κ2) is 12.4. The lowest BCUT2D eigenvalue weighted by Gasteiger charge is -2.27. The molecule has 7 rings (SSSR count). The van der Waals surface area contributed by atoms with Gasteiger partial charge in [0.15, 0.2) is 5.71 Å². The van der Waals surface area contributed by atoms with Crippen molar-refractivity contribution in [1.29, 1.82) is 0 Å². The van der Waals surface area contributed by atoms with E-state index in [1.54, 1.807) is 0 Å². The van der Waals surface area contributed by atoms with E-state index < -0.39 is 0 Å². The van der Waals surface area contributed by atoms with Gasteiger partial charge in [-0.2, -0.15) is 4.58 Å². The summed E-state index contributed by atoms with van der Waals surface area (Å²) in [5, 5.41) is 5.44. The molecule has 2 nitrogen and oxygen atoms in total. The lowest BCUT2D eigenvalue weighted by Crippen LogP contribution is -2.27. The first-order valence-electron chi connectivity index (χ1n) is 16.9.